The molecule has 0 bridgehead atoms. The number of aromatic amines is 1. The third-order valence-corrected chi connectivity index (χ3v) is 5.84. The van der Waals surface area contributed by atoms with Gasteiger partial charge in [-0.3, -0.25) is 14.7 Å². The smallest absolute Gasteiger partial charge is 0.276 e. The van der Waals surface area contributed by atoms with Crippen LogP contribution < -0.4 is 5.32 Å². The molecule has 0 saturated carbocycles. The second-order valence-electron chi connectivity index (χ2n) is 7.98. The highest BCUT2D eigenvalue weighted by molar-refractivity contribution is 5.93. The fourth-order valence-corrected chi connectivity index (χ4v) is 4.00. The number of carbonyl (C=O) groups excluding carboxylic acids is 2. The number of H-pyrrole nitrogens is 1. The maximum atomic E-state index is 12.9. The Morgan fingerprint density at radius 3 is 2.64 bits per heavy atom. The molecule has 9 nitrogen and oxygen atoms in total. The van der Waals surface area contributed by atoms with Crippen LogP contribution in [0.3, 0.4) is 0 Å². The van der Waals surface area contributed by atoms with Gasteiger partial charge in [0.25, 0.3) is 11.8 Å². The zero-order valence-electron chi connectivity index (χ0n) is 17.9. The van der Waals surface area contributed by atoms with E-state index in [1.165, 1.54) is 0 Å². The van der Waals surface area contributed by atoms with E-state index in [0.717, 1.165) is 24.1 Å². The number of hydrogen-bond donors (Lipinski definition) is 2. The topological polar surface area (TPSA) is 117 Å². The molecule has 3 aromatic heterocycles. The summed E-state index contributed by atoms with van der Waals surface area (Å²) in [6.45, 7) is 1.49. The van der Waals surface area contributed by atoms with Crippen molar-refractivity contribution in [3.05, 3.63) is 83.7 Å². The summed E-state index contributed by atoms with van der Waals surface area (Å²) in [5, 5.41) is 13.9. The zero-order chi connectivity index (χ0) is 22.6. The highest BCUT2D eigenvalue weighted by Gasteiger charge is 2.28. The van der Waals surface area contributed by atoms with Crippen LogP contribution in [0.25, 0.3) is 11.3 Å². The van der Waals surface area contributed by atoms with Crippen molar-refractivity contribution < 1.29 is 18.5 Å². The maximum absolute atomic E-state index is 12.9. The molecule has 0 atom stereocenters. The van der Waals surface area contributed by atoms with Gasteiger partial charge in [-0.25, -0.2) is 0 Å². The van der Waals surface area contributed by atoms with Gasteiger partial charge in [0.15, 0.2) is 11.5 Å². The van der Waals surface area contributed by atoms with Crippen molar-refractivity contribution >= 4 is 11.8 Å². The van der Waals surface area contributed by atoms with Gasteiger partial charge in [-0.15, -0.1) is 0 Å². The van der Waals surface area contributed by atoms with Crippen molar-refractivity contribution in [3.8, 4) is 11.3 Å². The third-order valence-electron chi connectivity index (χ3n) is 5.84. The van der Waals surface area contributed by atoms with E-state index in [-0.39, 0.29) is 17.7 Å². The van der Waals surface area contributed by atoms with Gasteiger partial charge in [0.2, 0.25) is 0 Å². The summed E-state index contributed by atoms with van der Waals surface area (Å²) >= 11 is 0. The lowest BCUT2D eigenvalue weighted by Gasteiger charge is -2.30. The maximum Gasteiger partial charge on any atom is 0.276 e. The first-order valence-corrected chi connectivity index (χ1v) is 10.8. The molecule has 4 heterocycles. The van der Waals surface area contributed by atoms with Gasteiger partial charge in [-0.1, -0.05) is 35.5 Å². The van der Waals surface area contributed by atoms with Crippen LogP contribution in [0.4, 0.5) is 0 Å². The number of aromatic nitrogens is 3. The zero-order valence-corrected chi connectivity index (χ0v) is 17.9. The lowest BCUT2D eigenvalue weighted by Crippen LogP contribution is -2.38. The van der Waals surface area contributed by atoms with E-state index >= 15 is 0 Å². The molecule has 0 radical (unpaired) electrons. The Bertz CT molecular complexity index is 1220. The van der Waals surface area contributed by atoms with Crippen LogP contribution in [0, 0.1) is 0 Å². The van der Waals surface area contributed by atoms with Crippen LogP contribution in [0.15, 0.2) is 69.8 Å². The second kappa shape index (κ2) is 9.15. The van der Waals surface area contributed by atoms with Gasteiger partial charge in [0.05, 0.1) is 12.8 Å². The van der Waals surface area contributed by atoms with E-state index in [1.807, 2.05) is 30.3 Å². The molecular formula is C24H23N5O4. The Labute approximate surface area is 189 Å². The normalized spacial score (nSPS) is 14.4. The Morgan fingerprint density at radius 1 is 1.06 bits per heavy atom. The van der Waals surface area contributed by atoms with E-state index < -0.39 is 0 Å². The lowest BCUT2D eigenvalue weighted by molar-refractivity contribution is 0.0701. The van der Waals surface area contributed by atoms with Crippen LogP contribution in [-0.4, -0.2) is 45.2 Å². The van der Waals surface area contributed by atoms with Crippen LogP contribution in [0.5, 0.6) is 0 Å². The molecule has 1 aliphatic heterocycles. The Morgan fingerprint density at radius 2 is 1.88 bits per heavy atom. The quantitative estimate of drug-likeness (QED) is 0.468. The van der Waals surface area contributed by atoms with Crippen LogP contribution in [0.2, 0.25) is 0 Å². The molecular weight excluding hydrogens is 422 g/mol. The molecule has 33 heavy (non-hydrogen) atoms. The summed E-state index contributed by atoms with van der Waals surface area (Å²) in [4.78, 5) is 27.0. The van der Waals surface area contributed by atoms with Crippen molar-refractivity contribution in [3.63, 3.8) is 0 Å². The number of piperidine rings is 1. The van der Waals surface area contributed by atoms with E-state index in [9.17, 15) is 9.59 Å². The van der Waals surface area contributed by atoms with E-state index in [4.69, 9.17) is 8.94 Å². The van der Waals surface area contributed by atoms with Crippen molar-refractivity contribution in [1.82, 2.24) is 25.6 Å². The minimum atomic E-state index is -0.262. The summed E-state index contributed by atoms with van der Waals surface area (Å²) < 4.78 is 10.6. The molecule has 1 fully saturated rings. The van der Waals surface area contributed by atoms with Gasteiger partial charge in [-0.05, 0) is 31.0 Å². The molecule has 168 valence electrons. The number of likely N-dealkylation sites (tertiary alicyclic amines) is 1. The number of furan rings is 1. The predicted molar refractivity (Wildman–Crippen MR) is 118 cm³/mol. The third kappa shape index (κ3) is 4.57. The molecule has 4 aromatic rings. The van der Waals surface area contributed by atoms with Crippen LogP contribution in [0.1, 0.15) is 51.2 Å². The minimum absolute atomic E-state index is 0.137. The largest absolute Gasteiger partial charge is 0.467 e. The van der Waals surface area contributed by atoms with Crippen molar-refractivity contribution in [2.24, 2.45) is 0 Å². The number of benzene rings is 1. The Kier molecular flexibility index (Phi) is 5.75. The lowest BCUT2D eigenvalue weighted by atomic mass is 9.93. The number of nitrogens with one attached hydrogen (secondary N) is 2. The summed E-state index contributed by atoms with van der Waals surface area (Å²) in [6.07, 6.45) is 3.10. The number of hydrogen-bond acceptors (Lipinski definition) is 6. The summed E-state index contributed by atoms with van der Waals surface area (Å²) in [6, 6.07) is 16.6. The molecule has 0 unspecified atom stereocenters. The Balaban J connectivity index is 1.16. The first kappa shape index (κ1) is 20.7. The van der Waals surface area contributed by atoms with Gasteiger partial charge < -0.3 is 19.2 Å². The van der Waals surface area contributed by atoms with E-state index in [1.54, 1.807) is 35.4 Å². The summed E-state index contributed by atoms with van der Waals surface area (Å²) in [7, 11) is 0. The molecule has 2 N–H and O–H groups in total. The fraction of sp³-hybridized carbons (Fsp3) is 0.250. The molecule has 5 rings (SSSR count). The van der Waals surface area contributed by atoms with Crippen molar-refractivity contribution in [1.29, 1.82) is 0 Å². The van der Waals surface area contributed by atoms with Crippen LogP contribution in [-0.2, 0) is 6.54 Å². The molecule has 1 aliphatic rings. The van der Waals surface area contributed by atoms with Gasteiger partial charge in [0, 0.05) is 36.3 Å². The molecule has 1 aromatic carbocycles. The molecule has 9 heteroatoms. The fourth-order valence-electron chi connectivity index (χ4n) is 4.00. The highest BCUT2D eigenvalue weighted by atomic mass is 16.5. The van der Waals surface area contributed by atoms with E-state index in [2.05, 4.69) is 20.7 Å². The number of carbonyl (C=O) groups is 2. The first-order valence-electron chi connectivity index (χ1n) is 10.8. The standard InChI is InChI=1S/C24H23N5O4/c30-23(25-15-18-7-4-12-32-18)20-13-19(26-27-20)16-8-10-29(11-9-16)24(31)21-14-22(33-28-21)17-5-2-1-3-6-17/h1-7,12-14,16H,8-11,15H2,(H,25,30)(H,26,27). The number of nitrogens with zero attached hydrogens (tertiary/aromatic N) is 3. The first-order chi connectivity index (χ1) is 16.2. The van der Waals surface area contributed by atoms with Gasteiger partial charge >= 0.3 is 0 Å². The van der Waals surface area contributed by atoms with Crippen LogP contribution >= 0.6 is 0 Å². The summed E-state index contributed by atoms with van der Waals surface area (Å²) in [5.41, 5.74) is 2.43. The van der Waals surface area contributed by atoms with Crippen molar-refractivity contribution in [2.75, 3.05) is 13.1 Å². The summed E-state index contributed by atoms with van der Waals surface area (Å²) in [5.74, 6) is 1.05. The SMILES string of the molecule is O=C(NCc1ccco1)c1cc(C2CCN(C(=O)c3cc(-c4ccccc4)on3)CC2)[nH]n1. The number of amides is 2. The molecule has 1 saturated heterocycles. The minimum Gasteiger partial charge on any atom is -0.467 e. The molecule has 2 amide bonds. The molecule has 0 spiro atoms. The Hall–Kier alpha value is -4.14. The second-order valence-corrected chi connectivity index (χ2v) is 7.98. The van der Waals surface area contributed by atoms with Gasteiger partial charge in [-0.2, -0.15) is 5.10 Å². The monoisotopic (exact) mass is 445 g/mol. The predicted octanol–water partition coefficient (Wildman–Crippen LogP) is 3.61. The highest BCUT2D eigenvalue weighted by Crippen LogP contribution is 2.28. The average Bonchev–Trinajstić information content (AvgIpc) is 3.64. The number of rotatable bonds is 6. The average molecular weight is 445 g/mol. The van der Waals surface area contributed by atoms with Crippen molar-refractivity contribution in [2.45, 2.75) is 25.3 Å². The van der Waals surface area contributed by atoms with E-state index in [0.29, 0.717) is 42.5 Å². The van der Waals surface area contributed by atoms with Gasteiger partial charge in [0.1, 0.15) is 11.5 Å². The molecule has 0 aliphatic carbocycles.